The van der Waals surface area contributed by atoms with Gasteiger partial charge in [0.2, 0.25) is 0 Å². The lowest BCUT2D eigenvalue weighted by molar-refractivity contribution is -0.133. The molecule has 0 radical (unpaired) electrons. The highest BCUT2D eigenvalue weighted by Gasteiger charge is 2.32. The number of rotatable bonds is 2. The third kappa shape index (κ3) is 2.73. The Balaban J connectivity index is 2.19. The number of nitrogens with two attached hydrogens (primary N) is 1. The molecule has 1 amide bonds. The van der Waals surface area contributed by atoms with Gasteiger partial charge in [0.1, 0.15) is 0 Å². The molecule has 0 aromatic heterocycles. The van der Waals surface area contributed by atoms with Gasteiger partial charge >= 0.3 is 5.97 Å². The van der Waals surface area contributed by atoms with Crippen LogP contribution in [0.1, 0.15) is 22.3 Å². The van der Waals surface area contributed by atoms with E-state index in [4.69, 9.17) is 10.5 Å². The van der Waals surface area contributed by atoms with Crippen molar-refractivity contribution in [1.82, 2.24) is 4.90 Å². The number of benzene rings is 1. The first-order chi connectivity index (χ1) is 8.90. The third-order valence-electron chi connectivity index (χ3n) is 3.26. The number of halogens is 1. The first-order valence-electron chi connectivity index (χ1n) is 5.91. The van der Waals surface area contributed by atoms with E-state index in [-0.39, 0.29) is 5.91 Å². The molecule has 1 heterocycles. The molecule has 0 aliphatic carbocycles. The van der Waals surface area contributed by atoms with Gasteiger partial charge in [-0.15, -0.1) is 0 Å². The van der Waals surface area contributed by atoms with Gasteiger partial charge in [-0.3, -0.25) is 4.79 Å². The molecule has 1 aromatic rings. The summed E-state index contributed by atoms with van der Waals surface area (Å²) in [7, 11) is 1.69. The van der Waals surface area contributed by atoms with E-state index in [9.17, 15) is 9.59 Å². The van der Waals surface area contributed by atoms with Crippen molar-refractivity contribution in [2.75, 3.05) is 19.3 Å². The molecule has 1 aromatic carbocycles. The van der Waals surface area contributed by atoms with E-state index in [0.717, 1.165) is 0 Å². The molecule has 1 fully saturated rings. The van der Waals surface area contributed by atoms with Gasteiger partial charge in [-0.2, -0.15) is 0 Å². The van der Waals surface area contributed by atoms with Crippen LogP contribution in [0.15, 0.2) is 16.6 Å². The van der Waals surface area contributed by atoms with Crippen molar-refractivity contribution in [3.63, 3.8) is 0 Å². The highest BCUT2D eigenvalue weighted by molar-refractivity contribution is 9.10. The molecule has 1 aliphatic rings. The van der Waals surface area contributed by atoms with E-state index >= 15 is 0 Å². The predicted molar refractivity (Wildman–Crippen MR) is 74.7 cm³/mol. The number of carbonyl (C=O) groups is 2. The first-order valence-corrected chi connectivity index (χ1v) is 6.71. The summed E-state index contributed by atoms with van der Waals surface area (Å²) in [6, 6.07) is 3.37. The summed E-state index contributed by atoms with van der Waals surface area (Å²) < 4.78 is 5.97. The van der Waals surface area contributed by atoms with Gasteiger partial charge in [0.05, 0.1) is 5.56 Å². The fourth-order valence-corrected chi connectivity index (χ4v) is 2.48. The molecule has 1 saturated heterocycles. The van der Waals surface area contributed by atoms with Crippen LogP contribution in [-0.2, 0) is 9.53 Å². The Morgan fingerprint density at radius 1 is 1.53 bits per heavy atom. The van der Waals surface area contributed by atoms with Gasteiger partial charge in [0.25, 0.3) is 5.91 Å². The third-order valence-corrected chi connectivity index (χ3v) is 3.72. The Morgan fingerprint density at radius 2 is 2.21 bits per heavy atom. The Hall–Kier alpha value is -1.56. The Bertz CT molecular complexity index is 545. The largest absolute Gasteiger partial charge is 0.449 e. The van der Waals surface area contributed by atoms with Crippen molar-refractivity contribution < 1.29 is 14.3 Å². The van der Waals surface area contributed by atoms with Crippen molar-refractivity contribution in [3.05, 3.63) is 27.7 Å². The monoisotopic (exact) mass is 326 g/mol. The zero-order valence-corrected chi connectivity index (χ0v) is 12.4. The standard InChI is InChI=1S/C13H15BrN2O3/c1-7-9(5-8(14)6-10(7)15)13(18)19-11-3-4-16(2)12(11)17/h5-6,11H,3-4,15H2,1-2H3. The van der Waals surface area contributed by atoms with Crippen molar-refractivity contribution in [2.24, 2.45) is 0 Å². The van der Waals surface area contributed by atoms with Crippen LogP contribution >= 0.6 is 15.9 Å². The number of hydrogen-bond acceptors (Lipinski definition) is 4. The number of carbonyl (C=O) groups excluding carboxylic acids is 2. The van der Waals surface area contributed by atoms with E-state index in [1.807, 2.05) is 0 Å². The molecule has 0 bridgehead atoms. The number of likely N-dealkylation sites (tertiary alicyclic amines) is 1. The average Bonchev–Trinajstić information content (AvgIpc) is 2.65. The van der Waals surface area contributed by atoms with Gasteiger partial charge < -0.3 is 15.4 Å². The SMILES string of the molecule is Cc1c(N)cc(Br)cc1C(=O)OC1CCN(C)C1=O. The second kappa shape index (κ2) is 5.21. The lowest BCUT2D eigenvalue weighted by Gasteiger charge is -2.13. The lowest BCUT2D eigenvalue weighted by atomic mass is 10.1. The predicted octanol–water partition coefficient (Wildman–Crippen LogP) is 1.73. The fourth-order valence-electron chi connectivity index (χ4n) is 2.00. The zero-order valence-electron chi connectivity index (χ0n) is 10.8. The van der Waals surface area contributed by atoms with Gasteiger partial charge in [-0.05, 0) is 24.6 Å². The smallest absolute Gasteiger partial charge is 0.339 e. The van der Waals surface area contributed by atoms with Crippen LogP contribution in [0.3, 0.4) is 0 Å². The summed E-state index contributed by atoms with van der Waals surface area (Å²) >= 11 is 3.29. The average molecular weight is 327 g/mol. The van der Waals surface area contributed by atoms with Crippen molar-refractivity contribution >= 4 is 33.5 Å². The molecule has 0 spiro atoms. The van der Waals surface area contributed by atoms with E-state index in [1.54, 1.807) is 31.0 Å². The van der Waals surface area contributed by atoms with Gasteiger partial charge in [-0.1, -0.05) is 15.9 Å². The molecule has 0 saturated carbocycles. The molecule has 19 heavy (non-hydrogen) atoms. The highest BCUT2D eigenvalue weighted by atomic mass is 79.9. The van der Waals surface area contributed by atoms with Crippen LogP contribution in [0.2, 0.25) is 0 Å². The van der Waals surface area contributed by atoms with Crippen molar-refractivity contribution in [3.8, 4) is 0 Å². The topological polar surface area (TPSA) is 72.6 Å². The van der Waals surface area contributed by atoms with Crippen molar-refractivity contribution in [2.45, 2.75) is 19.4 Å². The summed E-state index contributed by atoms with van der Waals surface area (Å²) in [5, 5.41) is 0. The second-order valence-electron chi connectivity index (χ2n) is 4.61. The van der Waals surface area contributed by atoms with Gasteiger partial charge in [-0.25, -0.2) is 4.79 Å². The molecular formula is C13H15BrN2O3. The molecule has 2 rings (SSSR count). The maximum atomic E-state index is 12.1. The summed E-state index contributed by atoms with van der Waals surface area (Å²) in [6.45, 7) is 2.36. The molecule has 1 atom stereocenters. The summed E-state index contributed by atoms with van der Waals surface area (Å²) in [5.41, 5.74) is 7.36. The molecule has 1 unspecified atom stereocenters. The number of hydrogen-bond donors (Lipinski definition) is 1. The van der Waals surface area contributed by atoms with Gasteiger partial charge in [0.15, 0.2) is 6.10 Å². The Morgan fingerprint density at radius 3 is 2.79 bits per heavy atom. The van der Waals surface area contributed by atoms with E-state index < -0.39 is 12.1 Å². The molecule has 102 valence electrons. The molecule has 1 aliphatic heterocycles. The minimum Gasteiger partial charge on any atom is -0.449 e. The van der Waals surface area contributed by atoms with E-state index in [1.165, 1.54) is 0 Å². The highest BCUT2D eigenvalue weighted by Crippen LogP contribution is 2.24. The second-order valence-corrected chi connectivity index (χ2v) is 5.53. The summed E-state index contributed by atoms with van der Waals surface area (Å²) in [6.07, 6.45) is -0.152. The maximum Gasteiger partial charge on any atom is 0.339 e. The minimum atomic E-state index is -0.683. The number of anilines is 1. The number of esters is 1. The van der Waals surface area contributed by atoms with Crippen LogP contribution < -0.4 is 5.73 Å². The number of likely N-dealkylation sites (N-methyl/N-ethyl adjacent to an activating group) is 1. The summed E-state index contributed by atoms with van der Waals surface area (Å²) in [4.78, 5) is 25.4. The lowest BCUT2D eigenvalue weighted by Crippen LogP contribution is -2.29. The van der Waals surface area contributed by atoms with E-state index in [2.05, 4.69) is 15.9 Å². The van der Waals surface area contributed by atoms with Crippen LogP contribution in [0, 0.1) is 6.92 Å². The normalized spacial score (nSPS) is 18.8. The molecule has 6 heteroatoms. The van der Waals surface area contributed by atoms with Crippen molar-refractivity contribution in [1.29, 1.82) is 0 Å². The number of ether oxygens (including phenoxy) is 1. The molecular weight excluding hydrogens is 312 g/mol. The minimum absolute atomic E-state index is 0.158. The van der Waals surface area contributed by atoms with Crippen LogP contribution in [-0.4, -0.2) is 36.5 Å². The number of amides is 1. The zero-order chi connectivity index (χ0) is 14.2. The Kier molecular flexibility index (Phi) is 3.80. The molecule has 5 nitrogen and oxygen atoms in total. The fraction of sp³-hybridized carbons (Fsp3) is 0.385. The van der Waals surface area contributed by atoms with Crippen LogP contribution in [0.25, 0.3) is 0 Å². The number of nitrogens with zero attached hydrogens (tertiary/aromatic N) is 1. The number of nitrogen functional groups attached to an aromatic ring is 1. The van der Waals surface area contributed by atoms with Crippen LogP contribution in [0.4, 0.5) is 5.69 Å². The van der Waals surface area contributed by atoms with Crippen LogP contribution in [0.5, 0.6) is 0 Å². The quantitative estimate of drug-likeness (QED) is 0.663. The van der Waals surface area contributed by atoms with E-state index in [0.29, 0.717) is 34.3 Å². The van der Waals surface area contributed by atoms with Gasteiger partial charge in [0, 0.05) is 30.2 Å². The molecule has 2 N–H and O–H groups in total. The summed E-state index contributed by atoms with van der Waals surface area (Å²) in [5.74, 6) is -0.673. The Labute approximate surface area is 119 Å². The maximum absolute atomic E-state index is 12.1. The first kappa shape index (κ1) is 13.9.